The number of fused-ring (bicyclic) bond motifs is 1. The Morgan fingerprint density at radius 1 is 1.14 bits per heavy atom. The van der Waals surface area contributed by atoms with Crippen molar-refractivity contribution in [2.45, 2.75) is 33.0 Å². The molecule has 0 aliphatic carbocycles. The van der Waals surface area contributed by atoms with Gasteiger partial charge in [0, 0.05) is 13.3 Å². The SMILES string of the molecule is [CH2]CC1(C)Oc2cc(C)c(C)cc2O1. The molecule has 1 aliphatic rings. The van der Waals surface area contributed by atoms with Crippen molar-refractivity contribution in [3.05, 3.63) is 30.2 Å². The zero-order valence-electron chi connectivity index (χ0n) is 8.89. The molecule has 1 aromatic rings. The maximum absolute atomic E-state index is 5.69. The maximum atomic E-state index is 5.69. The highest BCUT2D eigenvalue weighted by Gasteiger charge is 2.35. The topological polar surface area (TPSA) is 18.5 Å². The number of rotatable bonds is 1. The van der Waals surface area contributed by atoms with E-state index in [1.807, 2.05) is 19.1 Å². The Morgan fingerprint density at radius 3 is 1.93 bits per heavy atom. The van der Waals surface area contributed by atoms with E-state index in [0.717, 1.165) is 11.5 Å². The van der Waals surface area contributed by atoms with Gasteiger partial charge in [0.25, 0.3) is 0 Å². The molecule has 1 aliphatic heterocycles. The van der Waals surface area contributed by atoms with Gasteiger partial charge in [-0.3, -0.25) is 0 Å². The van der Waals surface area contributed by atoms with Crippen molar-refractivity contribution in [3.63, 3.8) is 0 Å². The molecule has 0 atom stereocenters. The molecule has 0 saturated carbocycles. The normalized spacial score (nSPS) is 17.1. The molecule has 1 heterocycles. The molecule has 2 heteroatoms. The number of aryl methyl sites for hydroxylation is 2. The van der Waals surface area contributed by atoms with Gasteiger partial charge < -0.3 is 9.47 Å². The number of benzene rings is 1. The molecule has 0 amide bonds. The zero-order valence-corrected chi connectivity index (χ0v) is 8.89. The molecule has 0 fully saturated rings. The third-order valence-corrected chi connectivity index (χ3v) is 2.67. The minimum atomic E-state index is -0.581. The molecule has 1 aromatic carbocycles. The lowest BCUT2D eigenvalue weighted by atomic mass is 10.1. The van der Waals surface area contributed by atoms with Gasteiger partial charge in [-0.15, -0.1) is 0 Å². The van der Waals surface area contributed by atoms with Crippen LogP contribution in [0.15, 0.2) is 12.1 Å². The van der Waals surface area contributed by atoms with Gasteiger partial charge in [-0.25, -0.2) is 0 Å². The maximum Gasteiger partial charge on any atom is 0.248 e. The third-order valence-electron chi connectivity index (χ3n) is 2.67. The van der Waals surface area contributed by atoms with Crippen molar-refractivity contribution in [1.29, 1.82) is 0 Å². The van der Waals surface area contributed by atoms with Crippen LogP contribution in [-0.2, 0) is 0 Å². The Kier molecular flexibility index (Phi) is 1.95. The van der Waals surface area contributed by atoms with Crippen LogP contribution in [0.5, 0.6) is 11.5 Å². The fourth-order valence-electron chi connectivity index (χ4n) is 1.51. The van der Waals surface area contributed by atoms with Crippen LogP contribution in [0.3, 0.4) is 0 Å². The van der Waals surface area contributed by atoms with Crippen LogP contribution in [0.1, 0.15) is 24.5 Å². The Hall–Kier alpha value is -1.18. The fourth-order valence-corrected chi connectivity index (χ4v) is 1.51. The summed E-state index contributed by atoms with van der Waals surface area (Å²) in [5, 5.41) is 0. The standard InChI is InChI=1S/C12H15O2/c1-5-12(4)13-10-6-8(2)9(3)7-11(10)14-12/h6-7H,1,5H2,2-4H3. The molecule has 0 N–H and O–H groups in total. The molecular weight excluding hydrogens is 176 g/mol. The Bertz CT molecular complexity index is 338. The van der Waals surface area contributed by atoms with Crippen LogP contribution < -0.4 is 9.47 Å². The monoisotopic (exact) mass is 191 g/mol. The van der Waals surface area contributed by atoms with Gasteiger partial charge in [0.2, 0.25) is 5.79 Å². The molecule has 0 spiro atoms. The van der Waals surface area contributed by atoms with Gasteiger partial charge in [-0.05, 0) is 44.0 Å². The van der Waals surface area contributed by atoms with E-state index in [1.165, 1.54) is 11.1 Å². The Morgan fingerprint density at radius 2 is 1.57 bits per heavy atom. The van der Waals surface area contributed by atoms with Crippen molar-refractivity contribution in [2.24, 2.45) is 0 Å². The first-order valence-corrected chi connectivity index (χ1v) is 4.82. The second-order valence-corrected chi connectivity index (χ2v) is 3.97. The first-order chi connectivity index (χ1) is 6.54. The van der Waals surface area contributed by atoms with Gasteiger partial charge in [0.15, 0.2) is 11.5 Å². The first kappa shape index (κ1) is 9.38. The van der Waals surface area contributed by atoms with Gasteiger partial charge in [0.05, 0.1) is 0 Å². The number of hydrogen-bond acceptors (Lipinski definition) is 2. The lowest BCUT2D eigenvalue weighted by Gasteiger charge is -2.20. The van der Waals surface area contributed by atoms with Gasteiger partial charge >= 0.3 is 0 Å². The van der Waals surface area contributed by atoms with E-state index in [-0.39, 0.29) is 0 Å². The van der Waals surface area contributed by atoms with Crippen LogP contribution in [0, 0.1) is 20.8 Å². The van der Waals surface area contributed by atoms with Gasteiger partial charge in [-0.1, -0.05) is 0 Å². The minimum Gasteiger partial charge on any atom is -0.449 e. The van der Waals surface area contributed by atoms with E-state index in [4.69, 9.17) is 9.47 Å². The smallest absolute Gasteiger partial charge is 0.248 e. The van der Waals surface area contributed by atoms with Crippen molar-refractivity contribution >= 4 is 0 Å². The summed E-state index contributed by atoms with van der Waals surface area (Å²) in [6, 6.07) is 4.04. The molecule has 14 heavy (non-hydrogen) atoms. The van der Waals surface area contributed by atoms with Crippen molar-refractivity contribution < 1.29 is 9.47 Å². The molecule has 0 aromatic heterocycles. The van der Waals surface area contributed by atoms with E-state index >= 15 is 0 Å². The van der Waals surface area contributed by atoms with Gasteiger partial charge in [0.1, 0.15) is 0 Å². The van der Waals surface area contributed by atoms with Gasteiger partial charge in [-0.2, -0.15) is 0 Å². The van der Waals surface area contributed by atoms with E-state index in [1.54, 1.807) is 0 Å². The minimum absolute atomic E-state index is 0.581. The Labute approximate surface area is 84.8 Å². The lowest BCUT2D eigenvalue weighted by molar-refractivity contribution is -0.0587. The molecule has 0 bridgehead atoms. The molecule has 2 nitrogen and oxygen atoms in total. The summed E-state index contributed by atoms with van der Waals surface area (Å²) in [4.78, 5) is 0. The summed E-state index contributed by atoms with van der Waals surface area (Å²) in [5.41, 5.74) is 2.45. The molecule has 0 saturated heterocycles. The molecular formula is C12H15O2. The van der Waals surface area contributed by atoms with E-state index in [0.29, 0.717) is 6.42 Å². The highest BCUT2D eigenvalue weighted by atomic mass is 16.7. The third kappa shape index (κ3) is 1.35. The molecule has 0 unspecified atom stereocenters. The van der Waals surface area contributed by atoms with Crippen LogP contribution in [0.25, 0.3) is 0 Å². The first-order valence-electron chi connectivity index (χ1n) is 4.82. The number of ether oxygens (including phenoxy) is 2. The van der Waals surface area contributed by atoms with Crippen molar-refractivity contribution in [2.75, 3.05) is 0 Å². The van der Waals surface area contributed by atoms with Crippen LogP contribution in [0.2, 0.25) is 0 Å². The second-order valence-electron chi connectivity index (χ2n) is 3.97. The predicted octanol–water partition coefficient (Wildman–Crippen LogP) is 3.02. The summed E-state index contributed by atoms with van der Waals surface area (Å²) < 4.78 is 11.4. The molecule has 75 valence electrons. The van der Waals surface area contributed by atoms with Crippen LogP contribution in [-0.4, -0.2) is 5.79 Å². The quantitative estimate of drug-likeness (QED) is 0.679. The summed E-state index contributed by atoms with van der Waals surface area (Å²) in [6.45, 7) is 9.86. The highest BCUT2D eigenvalue weighted by molar-refractivity contribution is 5.48. The van der Waals surface area contributed by atoms with Crippen molar-refractivity contribution in [1.82, 2.24) is 0 Å². The summed E-state index contributed by atoms with van der Waals surface area (Å²) >= 11 is 0. The van der Waals surface area contributed by atoms with Crippen molar-refractivity contribution in [3.8, 4) is 11.5 Å². The average molecular weight is 191 g/mol. The molecule has 1 radical (unpaired) electrons. The lowest BCUT2D eigenvalue weighted by Crippen LogP contribution is -2.33. The van der Waals surface area contributed by atoms with Crippen LogP contribution >= 0.6 is 0 Å². The summed E-state index contributed by atoms with van der Waals surface area (Å²) in [6.07, 6.45) is 0.597. The van der Waals surface area contributed by atoms with E-state index in [2.05, 4.69) is 20.8 Å². The second kappa shape index (κ2) is 2.91. The summed E-state index contributed by atoms with van der Waals surface area (Å²) in [5.74, 6) is 1.08. The fraction of sp³-hybridized carbons (Fsp3) is 0.417. The zero-order chi connectivity index (χ0) is 10.3. The van der Waals surface area contributed by atoms with E-state index in [9.17, 15) is 0 Å². The largest absolute Gasteiger partial charge is 0.449 e. The number of hydrogen-bond donors (Lipinski definition) is 0. The average Bonchev–Trinajstić information content (AvgIpc) is 2.43. The predicted molar refractivity (Wildman–Crippen MR) is 55.6 cm³/mol. The highest BCUT2D eigenvalue weighted by Crippen LogP contribution is 2.41. The van der Waals surface area contributed by atoms with Crippen LogP contribution in [0.4, 0.5) is 0 Å². The van der Waals surface area contributed by atoms with E-state index < -0.39 is 5.79 Å². The Balaban J connectivity index is 2.41. The summed E-state index contributed by atoms with van der Waals surface area (Å²) in [7, 11) is 0. The molecule has 2 rings (SSSR count).